The molecule has 1 aromatic carbocycles. The van der Waals surface area contributed by atoms with E-state index in [-0.39, 0.29) is 17.8 Å². The van der Waals surface area contributed by atoms with Gasteiger partial charge in [0.05, 0.1) is 0 Å². The average molecular weight is 277 g/mol. The first-order chi connectivity index (χ1) is 6.02. The SMILES string of the molecule is Cc1ccc(Br)c2c1NCC2(C)C.Cl. The number of fused-ring (bicyclic) bond motifs is 1. The van der Waals surface area contributed by atoms with Crippen molar-refractivity contribution in [1.82, 2.24) is 0 Å². The normalized spacial score (nSPS) is 16.9. The number of rotatable bonds is 0. The van der Waals surface area contributed by atoms with E-state index in [1.807, 2.05) is 0 Å². The minimum absolute atomic E-state index is 0. The minimum Gasteiger partial charge on any atom is -0.384 e. The van der Waals surface area contributed by atoms with Crippen molar-refractivity contribution in [3.8, 4) is 0 Å². The lowest BCUT2D eigenvalue weighted by atomic mass is 9.86. The second-order valence-corrected chi connectivity index (χ2v) is 5.21. The highest BCUT2D eigenvalue weighted by atomic mass is 79.9. The van der Waals surface area contributed by atoms with Gasteiger partial charge in [-0.2, -0.15) is 0 Å². The largest absolute Gasteiger partial charge is 0.384 e. The number of anilines is 1. The van der Waals surface area contributed by atoms with Crippen molar-refractivity contribution in [3.05, 3.63) is 27.7 Å². The van der Waals surface area contributed by atoms with Crippen LogP contribution >= 0.6 is 28.3 Å². The third-order valence-electron chi connectivity index (χ3n) is 2.75. The smallest absolute Gasteiger partial charge is 0.0420 e. The molecule has 1 aliphatic heterocycles. The number of aryl methyl sites for hydroxylation is 1. The van der Waals surface area contributed by atoms with Crippen LogP contribution in [-0.2, 0) is 5.41 Å². The van der Waals surface area contributed by atoms with E-state index in [0.29, 0.717) is 0 Å². The van der Waals surface area contributed by atoms with Gasteiger partial charge in [0, 0.05) is 22.1 Å². The van der Waals surface area contributed by atoms with Crippen LogP contribution in [0.4, 0.5) is 5.69 Å². The Morgan fingerprint density at radius 1 is 1.36 bits per heavy atom. The maximum atomic E-state index is 3.62. The molecule has 0 atom stereocenters. The molecule has 0 spiro atoms. The second kappa shape index (κ2) is 3.74. The molecule has 0 saturated heterocycles. The zero-order valence-corrected chi connectivity index (χ0v) is 11.1. The number of hydrogen-bond donors (Lipinski definition) is 1. The fourth-order valence-corrected chi connectivity index (χ4v) is 2.84. The summed E-state index contributed by atoms with van der Waals surface area (Å²) in [6, 6.07) is 4.29. The lowest BCUT2D eigenvalue weighted by Crippen LogP contribution is -2.19. The van der Waals surface area contributed by atoms with Crippen LogP contribution in [-0.4, -0.2) is 6.54 Å². The molecule has 1 heterocycles. The van der Waals surface area contributed by atoms with Crippen LogP contribution in [0.3, 0.4) is 0 Å². The average Bonchev–Trinajstić information content (AvgIpc) is 2.36. The van der Waals surface area contributed by atoms with Gasteiger partial charge in [-0.15, -0.1) is 12.4 Å². The minimum atomic E-state index is 0. The molecule has 0 saturated carbocycles. The molecule has 0 aromatic heterocycles. The molecule has 1 aromatic rings. The Labute approximate surface area is 99.8 Å². The van der Waals surface area contributed by atoms with Gasteiger partial charge in [0.2, 0.25) is 0 Å². The molecule has 1 N–H and O–H groups in total. The zero-order valence-electron chi connectivity index (χ0n) is 8.65. The molecule has 1 nitrogen and oxygen atoms in total. The Hall–Kier alpha value is -0.210. The standard InChI is InChI=1S/C11H14BrN.ClH/c1-7-4-5-8(12)9-10(7)13-6-11(9,2)3;/h4-5,13H,6H2,1-3H3;1H. The third kappa shape index (κ3) is 1.66. The van der Waals surface area contributed by atoms with E-state index < -0.39 is 0 Å². The van der Waals surface area contributed by atoms with Crippen molar-refractivity contribution in [1.29, 1.82) is 0 Å². The van der Waals surface area contributed by atoms with Crippen LogP contribution in [0.5, 0.6) is 0 Å². The lowest BCUT2D eigenvalue weighted by molar-refractivity contribution is 0.583. The summed E-state index contributed by atoms with van der Waals surface area (Å²) in [6.07, 6.45) is 0. The van der Waals surface area contributed by atoms with Crippen LogP contribution < -0.4 is 5.32 Å². The van der Waals surface area contributed by atoms with Gasteiger partial charge in [-0.1, -0.05) is 35.8 Å². The van der Waals surface area contributed by atoms with E-state index in [9.17, 15) is 0 Å². The van der Waals surface area contributed by atoms with Gasteiger partial charge in [-0.3, -0.25) is 0 Å². The summed E-state index contributed by atoms with van der Waals surface area (Å²) < 4.78 is 1.23. The van der Waals surface area contributed by atoms with Crippen molar-refractivity contribution < 1.29 is 0 Å². The topological polar surface area (TPSA) is 12.0 Å². The first-order valence-electron chi connectivity index (χ1n) is 4.56. The molecule has 0 fully saturated rings. The van der Waals surface area contributed by atoms with Gasteiger partial charge in [0.1, 0.15) is 0 Å². The van der Waals surface area contributed by atoms with Crippen molar-refractivity contribution >= 4 is 34.0 Å². The van der Waals surface area contributed by atoms with E-state index >= 15 is 0 Å². The monoisotopic (exact) mass is 275 g/mol. The van der Waals surface area contributed by atoms with Gasteiger partial charge in [-0.05, 0) is 24.1 Å². The lowest BCUT2D eigenvalue weighted by Gasteiger charge is -2.18. The first kappa shape index (κ1) is 11.9. The summed E-state index contributed by atoms with van der Waals surface area (Å²) in [7, 11) is 0. The van der Waals surface area contributed by atoms with Crippen molar-refractivity contribution in [2.24, 2.45) is 0 Å². The molecular weight excluding hydrogens is 261 g/mol. The maximum absolute atomic E-state index is 3.62. The summed E-state index contributed by atoms with van der Waals surface area (Å²) in [5, 5.41) is 3.47. The molecule has 0 aliphatic carbocycles. The highest BCUT2D eigenvalue weighted by Crippen LogP contribution is 2.42. The highest BCUT2D eigenvalue weighted by molar-refractivity contribution is 9.10. The van der Waals surface area contributed by atoms with Gasteiger partial charge in [0.25, 0.3) is 0 Å². The Bertz CT molecular complexity index is 361. The fraction of sp³-hybridized carbons (Fsp3) is 0.455. The Morgan fingerprint density at radius 2 is 2.00 bits per heavy atom. The summed E-state index contributed by atoms with van der Waals surface area (Å²) in [5.41, 5.74) is 4.33. The van der Waals surface area contributed by atoms with E-state index in [2.05, 4.69) is 54.2 Å². The highest BCUT2D eigenvalue weighted by Gasteiger charge is 2.32. The van der Waals surface area contributed by atoms with Crippen molar-refractivity contribution in [3.63, 3.8) is 0 Å². The van der Waals surface area contributed by atoms with Gasteiger partial charge in [-0.25, -0.2) is 0 Å². The summed E-state index contributed by atoms with van der Waals surface area (Å²) >= 11 is 3.62. The number of benzene rings is 1. The predicted molar refractivity (Wildman–Crippen MR) is 67.6 cm³/mol. The van der Waals surface area contributed by atoms with Crippen LogP contribution in [0.25, 0.3) is 0 Å². The maximum Gasteiger partial charge on any atom is 0.0420 e. The molecule has 0 amide bonds. The fourth-order valence-electron chi connectivity index (χ4n) is 1.97. The van der Waals surface area contributed by atoms with Crippen LogP contribution in [0, 0.1) is 6.92 Å². The summed E-state index contributed by atoms with van der Waals surface area (Å²) in [5.74, 6) is 0. The molecule has 2 rings (SSSR count). The van der Waals surface area contributed by atoms with E-state index in [4.69, 9.17) is 0 Å². The molecule has 0 unspecified atom stereocenters. The third-order valence-corrected chi connectivity index (χ3v) is 3.41. The second-order valence-electron chi connectivity index (χ2n) is 4.35. The molecular formula is C11H15BrClN. The van der Waals surface area contributed by atoms with E-state index in [1.165, 1.54) is 21.3 Å². The van der Waals surface area contributed by atoms with Crippen LogP contribution in [0.2, 0.25) is 0 Å². The Kier molecular flexibility index (Phi) is 3.17. The van der Waals surface area contributed by atoms with E-state index in [0.717, 1.165) is 6.54 Å². The number of hydrogen-bond acceptors (Lipinski definition) is 1. The molecule has 1 aliphatic rings. The first-order valence-corrected chi connectivity index (χ1v) is 5.35. The summed E-state index contributed by atoms with van der Waals surface area (Å²) in [4.78, 5) is 0. The van der Waals surface area contributed by atoms with Gasteiger partial charge >= 0.3 is 0 Å². The quantitative estimate of drug-likeness (QED) is 0.758. The Morgan fingerprint density at radius 3 is 2.57 bits per heavy atom. The molecule has 78 valence electrons. The molecule has 14 heavy (non-hydrogen) atoms. The van der Waals surface area contributed by atoms with Crippen molar-refractivity contribution in [2.75, 3.05) is 11.9 Å². The van der Waals surface area contributed by atoms with Gasteiger partial charge < -0.3 is 5.32 Å². The molecule has 0 radical (unpaired) electrons. The van der Waals surface area contributed by atoms with Crippen LogP contribution in [0.1, 0.15) is 25.0 Å². The number of nitrogens with one attached hydrogen (secondary N) is 1. The predicted octanol–water partition coefficient (Wildman–Crippen LogP) is 3.88. The van der Waals surface area contributed by atoms with Crippen LogP contribution in [0.15, 0.2) is 16.6 Å². The molecule has 0 bridgehead atoms. The zero-order chi connectivity index (χ0) is 9.64. The Balaban J connectivity index is 0.000000980. The van der Waals surface area contributed by atoms with Gasteiger partial charge in [0.15, 0.2) is 0 Å². The molecule has 3 heteroatoms. The summed E-state index contributed by atoms with van der Waals surface area (Å²) in [6.45, 7) is 7.73. The number of halogens is 2. The van der Waals surface area contributed by atoms with E-state index in [1.54, 1.807) is 0 Å². The van der Waals surface area contributed by atoms with Crippen molar-refractivity contribution in [2.45, 2.75) is 26.2 Å².